The molecule has 0 N–H and O–H groups in total. The zero-order valence-corrected chi connectivity index (χ0v) is 21.2. The molecule has 2 aliphatic carbocycles. The number of fused-ring (bicyclic) bond motifs is 1. The van der Waals surface area contributed by atoms with E-state index in [-0.39, 0.29) is 22.8 Å². The molecule has 5 heteroatoms. The van der Waals surface area contributed by atoms with Crippen molar-refractivity contribution < 1.29 is 18.8 Å². The van der Waals surface area contributed by atoms with E-state index < -0.39 is 8.32 Å². The van der Waals surface area contributed by atoms with Gasteiger partial charge in [0.1, 0.15) is 0 Å². The van der Waals surface area contributed by atoms with Gasteiger partial charge in [-0.05, 0) is 82.3 Å². The predicted molar refractivity (Wildman–Crippen MR) is 124 cm³/mol. The van der Waals surface area contributed by atoms with Crippen LogP contribution in [0.3, 0.4) is 0 Å². The minimum Gasteiger partial charge on any atom is -0.517 e. The van der Waals surface area contributed by atoms with Crippen LogP contribution in [0.2, 0.25) is 19.6 Å². The summed E-state index contributed by atoms with van der Waals surface area (Å²) >= 11 is 0. The maximum Gasteiger partial charge on any atom is 0.317 e. The van der Waals surface area contributed by atoms with Crippen LogP contribution in [0, 0.1) is 22.7 Å². The van der Waals surface area contributed by atoms with Crippen molar-refractivity contribution in [3.63, 3.8) is 0 Å². The summed E-state index contributed by atoms with van der Waals surface area (Å²) in [4.78, 5) is 23.6. The van der Waals surface area contributed by atoms with Crippen LogP contribution in [0.15, 0.2) is 23.8 Å². The molecule has 0 aromatic heterocycles. The molecule has 4 atom stereocenters. The Hall–Kier alpha value is -1.36. The molecule has 3 unspecified atom stereocenters. The Balaban J connectivity index is 2.13. The number of allylic oxidation sites excluding steroid dienone is 2. The monoisotopic (exact) mass is 434 g/mol. The van der Waals surface area contributed by atoms with E-state index in [0.717, 1.165) is 44.1 Å². The molecule has 2 rings (SSSR count). The van der Waals surface area contributed by atoms with Crippen molar-refractivity contribution in [2.75, 3.05) is 6.61 Å². The summed E-state index contributed by atoms with van der Waals surface area (Å²) in [6.07, 6.45) is 9.20. The van der Waals surface area contributed by atoms with Gasteiger partial charge in [0.05, 0.1) is 6.61 Å². The molecule has 30 heavy (non-hydrogen) atoms. The fourth-order valence-electron chi connectivity index (χ4n) is 6.03. The first-order valence-corrected chi connectivity index (χ1v) is 14.9. The summed E-state index contributed by atoms with van der Waals surface area (Å²) in [5, 5.41) is 0. The first kappa shape index (κ1) is 24.9. The van der Waals surface area contributed by atoms with Crippen LogP contribution in [0.1, 0.15) is 72.6 Å². The Kier molecular flexibility index (Phi) is 7.82. The molecule has 0 amide bonds. The number of hydrogen-bond donors (Lipinski definition) is 0. The Morgan fingerprint density at radius 3 is 2.47 bits per heavy atom. The zero-order chi connectivity index (χ0) is 22.7. The van der Waals surface area contributed by atoms with Gasteiger partial charge >= 0.3 is 11.9 Å². The highest BCUT2D eigenvalue weighted by molar-refractivity contribution is 6.71. The number of ether oxygens (including phenoxy) is 1. The summed E-state index contributed by atoms with van der Waals surface area (Å²) in [6.45, 7) is 19.3. The third kappa shape index (κ3) is 6.09. The maximum absolute atomic E-state index is 12.2. The van der Waals surface area contributed by atoms with Gasteiger partial charge in [0.2, 0.25) is 8.32 Å². The SMILES string of the molecule is C=C1CCC2C(C)(COC(C)=O)CCC[C@@]2(C)C1CC/C(C)=C/C(=O)O[Si](C)(C)C. The normalized spacial score (nSPS) is 32.4. The van der Waals surface area contributed by atoms with E-state index in [9.17, 15) is 9.59 Å². The first-order valence-electron chi connectivity index (χ1n) is 11.5. The van der Waals surface area contributed by atoms with E-state index in [1.807, 2.05) is 26.6 Å². The van der Waals surface area contributed by atoms with Crippen molar-refractivity contribution in [2.45, 2.75) is 92.3 Å². The molecule has 2 aliphatic rings. The molecule has 0 heterocycles. The van der Waals surface area contributed by atoms with Gasteiger partial charge in [0, 0.05) is 18.4 Å². The molecule has 0 bridgehead atoms. The Morgan fingerprint density at radius 1 is 1.20 bits per heavy atom. The van der Waals surface area contributed by atoms with Crippen LogP contribution in [0.25, 0.3) is 0 Å². The van der Waals surface area contributed by atoms with E-state index in [1.165, 1.54) is 18.9 Å². The second kappa shape index (κ2) is 9.42. The highest BCUT2D eigenvalue weighted by Crippen LogP contribution is 2.62. The second-order valence-electron chi connectivity index (χ2n) is 11.2. The van der Waals surface area contributed by atoms with Crippen LogP contribution in [-0.2, 0) is 18.8 Å². The molecule has 0 aromatic carbocycles. The average molecular weight is 435 g/mol. The third-order valence-corrected chi connectivity index (χ3v) is 8.16. The molecule has 4 nitrogen and oxygen atoms in total. The number of esters is 1. The Morgan fingerprint density at radius 2 is 1.87 bits per heavy atom. The zero-order valence-electron chi connectivity index (χ0n) is 20.2. The van der Waals surface area contributed by atoms with E-state index in [0.29, 0.717) is 18.4 Å². The van der Waals surface area contributed by atoms with Crippen molar-refractivity contribution in [1.29, 1.82) is 0 Å². The fraction of sp³-hybridized carbons (Fsp3) is 0.760. The van der Waals surface area contributed by atoms with Crippen molar-refractivity contribution in [1.82, 2.24) is 0 Å². The second-order valence-corrected chi connectivity index (χ2v) is 15.6. The van der Waals surface area contributed by atoms with Crippen LogP contribution >= 0.6 is 0 Å². The quantitative estimate of drug-likeness (QED) is 0.200. The van der Waals surface area contributed by atoms with Gasteiger partial charge in [-0.2, -0.15) is 0 Å². The minimum atomic E-state index is -1.86. The minimum absolute atomic E-state index is 0.0314. The molecule has 0 aromatic rings. The average Bonchev–Trinajstić information content (AvgIpc) is 2.57. The van der Waals surface area contributed by atoms with Crippen LogP contribution in [0.4, 0.5) is 0 Å². The molecular formula is C25H42O4Si. The largest absolute Gasteiger partial charge is 0.517 e. The highest BCUT2D eigenvalue weighted by Gasteiger charge is 2.54. The van der Waals surface area contributed by atoms with E-state index in [2.05, 4.69) is 20.4 Å². The molecule has 2 fully saturated rings. The van der Waals surface area contributed by atoms with Gasteiger partial charge in [0.15, 0.2) is 0 Å². The molecule has 0 spiro atoms. The van der Waals surface area contributed by atoms with Gasteiger partial charge in [-0.25, -0.2) is 4.79 Å². The molecule has 0 radical (unpaired) electrons. The Bertz CT molecular complexity index is 704. The standard InChI is InChI=1S/C25H42O4Si/c1-18(16-23(27)29-30(6,7)8)10-12-21-19(2)11-13-22-24(4,17-28-20(3)26)14-9-15-25(21,22)5/h16,21-22H,2,9-15,17H2,1,3-8H3/b18-16+/t21?,22?,24?,25-/m0/s1. The van der Waals surface area contributed by atoms with Gasteiger partial charge < -0.3 is 9.16 Å². The lowest BCUT2D eigenvalue weighted by Gasteiger charge is -2.58. The highest BCUT2D eigenvalue weighted by atomic mass is 28.4. The summed E-state index contributed by atoms with van der Waals surface area (Å²) in [6, 6.07) is 0. The fourth-order valence-corrected chi connectivity index (χ4v) is 6.70. The van der Waals surface area contributed by atoms with Gasteiger partial charge in [-0.3, -0.25) is 4.79 Å². The smallest absolute Gasteiger partial charge is 0.317 e. The van der Waals surface area contributed by atoms with Crippen LogP contribution in [0.5, 0.6) is 0 Å². The van der Waals surface area contributed by atoms with Crippen molar-refractivity contribution >= 4 is 20.3 Å². The number of hydrogen-bond acceptors (Lipinski definition) is 4. The molecule has 0 saturated heterocycles. The van der Waals surface area contributed by atoms with Crippen molar-refractivity contribution in [3.8, 4) is 0 Å². The number of carbonyl (C=O) groups is 2. The molecule has 0 aliphatic heterocycles. The summed E-state index contributed by atoms with van der Waals surface area (Å²) < 4.78 is 11.1. The number of carbonyl (C=O) groups excluding carboxylic acids is 2. The Labute approximate surface area is 184 Å². The number of rotatable bonds is 7. The van der Waals surface area contributed by atoms with E-state index in [1.54, 1.807) is 6.08 Å². The molecule has 2 saturated carbocycles. The summed E-state index contributed by atoms with van der Waals surface area (Å²) in [7, 11) is -1.86. The maximum atomic E-state index is 12.2. The van der Waals surface area contributed by atoms with E-state index in [4.69, 9.17) is 9.16 Å². The van der Waals surface area contributed by atoms with Crippen LogP contribution in [-0.4, -0.2) is 26.9 Å². The lowest BCUT2D eigenvalue weighted by molar-refractivity contribution is -0.152. The summed E-state index contributed by atoms with van der Waals surface area (Å²) in [5.74, 6) is 0.565. The molecular weight excluding hydrogens is 392 g/mol. The topological polar surface area (TPSA) is 52.6 Å². The molecule has 170 valence electrons. The third-order valence-electron chi connectivity index (χ3n) is 7.35. The predicted octanol–water partition coefficient (Wildman–Crippen LogP) is 6.43. The van der Waals surface area contributed by atoms with E-state index >= 15 is 0 Å². The van der Waals surface area contributed by atoms with Crippen molar-refractivity contribution in [3.05, 3.63) is 23.8 Å². The van der Waals surface area contributed by atoms with Crippen molar-refractivity contribution in [2.24, 2.45) is 22.7 Å². The van der Waals surface area contributed by atoms with Gasteiger partial charge in [-0.15, -0.1) is 0 Å². The first-order chi connectivity index (χ1) is 13.8. The summed E-state index contributed by atoms with van der Waals surface area (Å²) in [5.41, 5.74) is 2.63. The van der Waals surface area contributed by atoms with Gasteiger partial charge in [0.25, 0.3) is 0 Å². The lowest BCUT2D eigenvalue weighted by Crippen LogP contribution is -2.52. The van der Waals surface area contributed by atoms with Gasteiger partial charge in [-0.1, -0.05) is 38.0 Å². The lowest BCUT2D eigenvalue weighted by atomic mass is 9.47. The van der Waals surface area contributed by atoms with Crippen LogP contribution < -0.4 is 0 Å².